The number of unbranched alkanes of at least 4 members (excludes halogenated alkanes) is 39. The summed E-state index contributed by atoms with van der Waals surface area (Å²) in [6.07, 6.45) is 59.2. The van der Waals surface area contributed by atoms with Crippen molar-refractivity contribution in [1.82, 2.24) is 0 Å². The van der Waals surface area contributed by atoms with Gasteiger partial charge in [-0.25, -0.2) is 0 Å². The summed E-state index contributed by atoms with van der Waals surface area (Å²) < 4.78 is 16.8. The van der Waals surface area contributed by atoms with Crippen molar-refractivity contribution in [2.45, 2.75) is 322 Å². The van der Waals surface area contributed by atoms with Gasteiger partial charge in [0, 0.05) is 19.3 Å². The third kappa shape index (κ3) is 51.0. The fraction of sp³-hybridized carbons (Fsp3) is 0.912. The Morgan fingerprint density at radius 3 is 0.841 bits per heavy atom. The molecule has 0 amide bonds. The van der Waals surface area contributed by atoms with E-state index in [-0.39, 0.29) is 31.1 Å². The summed E-state index contributed by atoms with van der Waals surface area (Å²) in [7, 11) is 0. The van der Waals surface area contributed by atoms with E-state index in [1.54, 1.807) is 0 Å². The van der Waals surface area contributed by atoms with Crippen molar-refractivity contribution < 1.29 is 28.6 Å². The van der Waals surface area contributed by atoms with Crippen LogP contribution in [-0.2, 0) is 28.6 Å². The molecule has 6 nitrogen and oxygen atoms in total. The van der Waals surface area contributed by atoms with Crippen LogP contribution in [0.4, 0.5) is 0 Å². The molecule has 0 radical (unpaired) electrons. The average Bonchev–Trinajstić information content (AvgIpc) is 3.28. The van der Waals surface area contributed by atoms with Crippen molar-refractivity contribution in [3.63, 3.8) is 0 Å². The molecular formula is C57H108O6. The van der Waals surface area contributed by atoms with Gasteiger partial charge in [-0.05, 0) is 38.5 Å². The lowest BCUT2D eigenvalue weighted by Gasteiger charge is -2.18. The Hall–Kier alpha value is -1.85. The average molecular weight is 889 g/mol. The van der Waals surface area contributed by atoms with Gasteiger partial charge in [-0.15, -0.1) is 0 Å². The molecule has 0 aromatic rings. The number of carbonyl (C=O) groups is 3. The van der Waals surface area contributed by atoms with Crippen LogP contribution < -0.4 is 0 Å². The van der Waals surface area contributed by atoms with Gasteiger partial charge < -0.3 is 14.2 Å². The van der Waals surface area contributed by atoms with E-state index in [0.717, 1.165) is 64.2 Å². The first-order valence-corrected chi connectivity index (χ1v) is 28.2. The summed E-state index contributed by atoms with van der Waals surface area (Å²) in [6.45, 7) is 6.65. The molecule has 0 bridgehead atoms. The molecule has 0 spiro atoms. The normalized spacial score (nSPS) is 11.6. The number of allylic oxidation sites excluding steroid dienone is 2. The first-order chi connectivity index (χ1) is 31.0. The SMILES string of the molecule is CCCC/C=C\CCCCCCCC(=O)OC(COC(=O)CCCCCCCCCCCCCCCCCCC)COC(=O)CCCCCCCCCCCCCCCCCCC. The molecule has 0 saturated carbocycles. The first kappa shape index (κ1) is 61.1. The van der Waals surface area contributed by atoms with Gasteiger partial charge in [-0.2, -0.15) is 0 Å². The van der Waals surface area contributed by atoms with Crippen LogP contribution in [0.3, 0.4) is 0 Å². The second kappa shape index (κ2) is 52.8. The Morgan fingerprint density at radius 1 is 0.302 bits per heavy atom. The van der Waals surface area contributed by atoms with Gasteiger partial charge in [-0.3, -0.25) is 14.4 Å². The van der Waals surface area contributed by atoms with Gasteiger partial charge in [0.05, 0.1) is 0 Å². The molecule has 0 atom stereocenters. The van der Waals surface area contributed by atoms with E-state index < -0.39 is 6.10 Å². The maximum atomic E-state index is 12.8. The van der Waals surface area contributed by atoms with Crippen LogP contribution in [0.2, 0.25) is 0 Å². The van der Waals surface area contributed by atoms with Crippen LogP contribution >= 0.6 is 0 Å². The van der Waals surface area contributed by atoms with Crippen molar-refractivity contribution in [2.24, 2.45) is 0 Å². The number of rotatable bonds is 52. The fourth-order valence-electron chi connectivity index (χ4n) is 8.49. The Labute approximate surface area is 392 Å². The molecule has 0 rings (SSSR count). The van der Waals surface area contributed by atoms with Crippen LogP contribution in [0.1, 0.15) is 316 Å². The molecule has 0 saturated heterocycles. The lowest BCUT2D eigenvalue weighted by atomic mass is 10.0. The monoisotopic (exact) mass is 889 g/mol. The molecule has 372 valence electrons. The van der Waals surface area contributed by atoms with Crippen LogP contribution in [-0.4, -0.2) is 37.2 Å². The molecule has 63 heavy (non-hydrogen) atoms. The highest BCUT2D eigenvalue weighted by Gasteiger charge is 2.19. The van der Waals surface area contributed by atoms with E-state index in [1.807, 2.05) is 0 Å². The van der Waals surface area contributed by atoms with E-state index in [9.17, 15) is 14.4 Å². The zero-order valence-corrected chi connectivity index (χ0v) is 42.6. The highest BCUT2D eigenvalue weighted by atomic mass is 16.6. The van der Waals surface area contributed by atoms with Crippen LogP contribution in [0.25, 0.3) is 0 Å². The standard InChI is InChI=1S/C57H108O6/c1-4-7-10-13-16-19-22-24-26-28-30-32-35-37-40-43-46-49-55(58)61-52-54(63-57(60)51-48-45-42-39-34-21-18-15-12-9-6-3)53-62-56(59)50-47-44-41-38-36-33-31-29-27-25-23-20-17-14-11-8-5-2/h15,18,54H,4-14,16-17,19-53H2,1-3H3/b18-15-. The summed E-state index contributed by atoms with van der Waals surface area (Å²) >= 11 is 0. The Kier molecular flexibility index (Phi) is 51.2. The highest BCUT2D eigenvalue weighted by Crippen LogP contribution is 2.17. The van der Waals surface area contributed by atoms with Gasteiger partial charge in [-0.1, -0.05) is 270 Å². The maximum Gasteiger partial charge on any atom is 0.306 e. The third-order valence-electron chi connectivity index (χ3n) is 12.8. The number of carbonyl (C=O) groups excluding carboxylic acids is 3. The Balaban J connectivity index is 4.25. The number of hydrogen-bond acceptors (Lipinski definition) is 6. The molecule has 0 N–H and O–H groups in total. The summed E-state index contributed by atoms with van der Waals surface area (Å²) in [5.41, 5.74) is 0. The number of esters is 3. The van der Waals surface area contributed by atoms with Gasteiger partial charge in [0.15, 0.2) is 6.10 Å². The first-order valence-electron chi connectivity index (χ1n) is 28.2. The zero-order chi connectivity index (χ0) is 45.8. The van der Waals surface area contributed by atoms with Crippen LogP contribution in [0.15, 0.2) is 12.2 Å². The van der Waals surface area contributed by atoms with Crippen molar-refractivity contribution in [3.05, 3.63) is 12.2 Å². The summed E-state index contributed by atoms with van der Waals surface area (Å²) in [4.78, 5) is 38.0. The third-order valence-corrected chi connectivity index (χ3v) is 12.8. The number of hydrogen-bond donors (Lipinski definition) is 0. The molecule has 0 unspecified atom stereocenters. The molecule has 6 heteroatoms. The smallest absolute Gasteiger partial charge is 0.306 e. The molecule has 0 aliphatic heterocycles. The van der Waals surface area contributed by atoms with Gasteiger partial charge >= 0.3 is 17.9 Å². The minimum absolute atomic E-state index is 0.0677. The predicted octanol–water partition coefficient (Wildman–Crippen LogP) is 18.5. The molecule has 0 aliphatic carbocycles. The lowest BCUT2D eigenvalue weighted by molar-refractivity contribution is -0.167. The molecule has 0 fully saturated rings. The summed E-state index contributed by atoms with van der Waals surface area (Å²) in [5.74, 6) is -0.855. The van der Waals surface area contributed by atoms with Crippen LogP contribution in [0.5, 0.6) is 0 Å². The van der Waals surface area contributed by atoms with E-state index in [0.29, 0.717) is 19.3 Å². The van der Waals surface area contributed by atoms with Crippen LogP contribution in [0, 0.1) is 0 Å². The quantitative estimate of drug-likeness (QED) is 0.0262. The fourth-order valence-corrected chi connectivity index (χ4v) is 8.49. The van der Waals surface area contributed by atoms with Crippen molar-refractivity contribution in [2.75, 3.05) is 13.2 Å². The van der Waals surface area contributed by atoms with Crippen molar-refractivity contribution in [1.29, 1.82) is 0 Å². The van der Waals surface area contributed by atoms with Gasteiger partial charge in [0.25, 0.3) is 0 Å². The minimum Gasteiger partial charge on any atom is -0.462 e. The number of ether oxygens (including phenoxy) is 3. The summed E-state index contributed by atoms with van der Waals surface area (Å²) in [6, 6.07) is 0. The predicted molar refractivity (Wildman–Crippen MR) is 270 cm³/mol. The minimum atomic E-state index is -0.768. The topological polar surface area (TPSA) is 78.9 Å². The van der Waals surface area contributed by atoms with E-state index >= 15 is 0 Å². The van der Waals surface area contributed by atoms with Crippen molar-refractivity contribution >= 4 is 17.9 Å². The molecule has 0 aromatic heterocycles. The second-order valence-corrected chi connectivity index (χ2v) is 19.2. The molecule has 0 aromatic carbocycles. The largest absolute Gasteiger partial charge is 0.462 e. The zero-order valence-electron chi connectivity index (χ0n) is 42.6. The van der Waals surface area contributed by atoms with Gasteiger partial charge in [0.2, 0.25) is 0 Å². The van der Waals surface area contributed by atoms with E-state index in [2.05, 4.69) is 32.9 Å². The highest BCUT2D eigenvalue weighted by molar-refractivity contribution is 5.71. The van der Waals surface area contributed by atoms with Gasteiger partial charge in [0.1, 0.15) is 13.2 Å². The molecule has 0 heterocycles. The molecular weight excluding hydrogens is 781 g/mol. The second-order valence-electron chi connectivity index (χ2n) is 19.2. The molecule has 0 aliphatic rings. The lowest BCUT2D eigenvalue weighted by Crippen LogP contribution is -2.30. The maximum absolute atomic E-state index is 12.8. The Morgan fingerprint density at radius 2 is 0.540 bits per heavy atom. The van der Waals surface area contributed by atoms with Crippen molar-refractivity contribution in [3.8, 4) is 0 Å². The Bertz CT molecular complexity index is 924. The van der Waals surface area contributed by atoms with E-state index in [4.69, 9.17) is 14.2 Å². The summed E-state index contributed by atoms with van der Waals surface area (Å²) in [5, 5.41) is 0. The van der Waals surface area contributed by atoms with E-state index in [1.165, 1.54) is 212 Å².